The zero-order valence-corrected chi connectivity index (χ0v) is 18.3. The van der Waals surface area contributed by atoms with Crippen molar-refractivity contribution in [2.24, 2.45) is 0 Å². The van der Waals surface area contributed by atoms with Gasteiger partial charge >= 0.3 is 0 Å². The summed E-state index contributed by atoms with van der Waals surface area (Å²) < 4.78 is 7.97. The van der Waals surface area contributed by atoms with Gasteiger partial charge in [0.25, 0.3) is 5.56 Å². The number of carbonyl (C=O) groups is 1. The highest BCUT2D eigenvalue weighted by molar-refractivity contribution is 9.10. The molecule has 3 aromatic heterocycles. The second-order valence-electron chi connectivity index (χ2n) is 6.97. The molecular formula is C23H15BrN2O3S. The Morgan fingerprint density at radius 3 is 2.70 bits per heavy atom. The Labute approximate surface area is 183 Å². The van der Waals surface area contributed by atoms with Crippen molar-refractivity contribution in [2.45, 2.75) is 13.5 Å². The van der Waals surface area contributed by atoms with E-state index in [1.54, 1.807) is 6.07 Å². The lowest BCUT2D eigenvalue weighted by molar-refractivity contribution is 0.0945. The molecule has 5 nitrogen and oxygen atoms in total. The summed E-state index contributed by atoms with van der Waals surface area (Å²) in [6, 6.07) is 17.0. The van der Waals surface area contributed by atoms with Gasteiger partial charge < -0.3 is 4.42 Å². The van der Waals surface area contributed by atoms with Gasteiger partial charge in [0.05, 0.1) is 18.3 Å². The first-order valence-electron chi connectivity index (χ1n) is 9.27. The van der Waals surface area contributed by atoms with Gasteiger partial charge in [0.2, 0.25) is 5.78 Å². The van der Waals surface area contributed by atoms with E-state index in [-0.39, 0.29) is 23.6 Å². The van der Waals surface area contributed by atoms with E-state index in [9.17, 15) is 9.59 Å². The predicted molar refractivity (Wildman–Crippen MR) is 122 cm³/mol. The number of hydrogen-bond donors (Lipinski definition) is 0. The van der Waals surface area contributed by atoms with E-state index in [1.165, 1.54) is 22.2 Å². The van der Waals surface area contributed by atoms with Crippen LogP contribution >= 0.6 is 27.3 Å². The second kappa shape index (κ2) is 7.34. The number of aryl methyl sites for hydroxylation is 1. The Morgan fingerprint density at radius 1 is 1.17 bits per heavy atom. The first kappa shape index (κ1) is 19.0. The summed E-state index contributed by atoms with van der Waals surface area (Å²) in [4.78, 5) is 32.2. The van der Waals surface area contributed by atoms with Crippen LogP contribution in [0.5, 0.6) is 0 Å². The number of rotatable bonds is 4. The fourth-order valence-electron chi connectivity index (χ4n) is 3.57. The number of para-hydroxylation sites is 1. The maximum absolute atomic E-state index is 13.3. The molecule has 0 fully saturated rings. The topological polar surface area (TPSA) is 65.1 Å². The number of halogens is 1. The van der Waals surface area contributed by atoms with Crippen LogP contribution in [0.2, 0.25) is 0 Å². The van der Waals surface area contributed by atoms with Gasteiger partial charge in [-0.15, -0.1) is 11.3 Å². The van der Waals surface area contributed by atoms with Crippen LogP contribution in [-0.4, -0.2) is 15.3 Å². The molecule has 0 saturated carbocycles. The van der Waals surface area contributed by atoms with E-state index in [2.05, 4.69) is 20.9 Å². The van der Waals surface area contributed by atoms with E-state index >= 15 is 0 Å². The first-order valence-corrected chi connectivity index (χ1v) is 10.9. The van der Waals surface area contributed by atoms with Crippen LogP contribution in [0, 0.1) is 6.92 Å². The van der Waals surface area contributed by atoms with E-state index < -0.39 is 0 Å². The summed E-state index contributed by atoms with van der Waals surface area (Å²) in [6.07, 6.45) is 1.44. The van der Waals surface area contributed by atoms with Crippen LogP contribution in [0.3, 0.4) is 0 Å². The number of Topliss-reactive ketones (excluding diaryl/α,β-unsaturated/α-hetero) is 1. The summed E-state index contributed by atoms with van der Waals surface area (Å²) in [5, 5.41) is 1.40. The zero-order valence-electron chi connectivity index (χ0n) is 15.9. The van der Waals surface area contributed by atoms with Crippen molar-refractivity contribution in [1.82, 2.24) is 9.55 Å². The van der Waals surface area contributed by atoms with Crippen LogP contribution in [0.4, 0.5) is 0 Å². The molecule has 0 N–H and O–H groups in total. The van der Waals surface area contributed by atoms with Gasteiger partial charge in [0, 0.05) is 20.3 Å². The summed E-state index contributed by atoms with van der Waals surface area (Å²) >= 11 is 4.92. The Balaban J connectivity index is 1.57. The van der Waals surface area contributed by atoms with Gasteiger partial charge in [-0.2, -0.15) is 0 Å². The highest BCUT2D eigenvalue weighted by Crippen LogP contribution is 2.35. The van der Waals surface area contributed by atoms with Gasteiger partial charge in [-0.05, 0) is 36.8 Å². The van der Waals surface area contributed by atoms with Gasteiger partial charge in [0.15, 0.2) is 5.76 Å². The molecule has 0 radical (unpaired) electrons. The number of carbonyl (C=O) groups excluding carboxylic acids is 1. The standard InChI is InChI=1S/C23H15BrN2O3S/c1-13-20(14-6-8-16(24)9-7-14)21-22(30-13)25-12-26(23(21)28)11-17(27)19-10-15-4-2-3-5-18(15)29-19/h2-10,12H,11H2,1H3. The van der Waals surface area contributed by atoms with Crippen molar-refractivity contribution in [1.29, 1.82) is 0 Å². The quantitative estimate of drug-likeness (QED) is 0.305. The molecule has 0 bridgehead atoms. The first-order chi connectivity index (χ1) is 14.5. The molecule has 0 spiro atoms. The molecule has 0 aliphatic carbocycles. The monoisotopic (exact) mass is 478 g/mol. The highest BCUT2D eigenvalue weighted by atomic mass is 79.9. The lowest BCUT2D eigenvalue weighted by atomic mass is 10.0. The molecule has 148 valence electrons. The second-order valence-corrected chi connectivity index (χ2v) is 9.09. The number of fused-ring (bicyclic) bond motifs is 2. The van der Waals surface area contributed by atoms with Crippen LogP contribution in [0.1, 0.15) is 15.4 Å². The fraction of sp³-hybridized carbons (Fsp3) is 0.0870. The van der Waals surface area contributed by atoms with E-state index in [1.807, 2.05) is 55.5 Å². The molecule has 0 aliphatic heterocycles. The van der Waals surface area contributed by atoms with Crippen molar-refractivity contribution in [2.75, 3.05) is 0 Å². The summed E-state index contributed by atoms with van der Waals surface area (Å²) in [5.74, 6) is -0.0376. The van der Waals surface area contributed by atoms with Crippen LogP contribution in [0.15, 0.2) is 74.6 Å². The molecule has 0 saturated heterocycles. The SMILES string of the molecule is Cc1sc2ncn(CC(=O)c3cc4ccccc4o3)c(=O)c2c1-c1ccc(Br)cc1. The Hall–Kier alpha value is -3.03. The van der Waals surface area contributed by atoms with Gasteiger partial charge in [-0.1, -0.05) is 46.3 Å². The average Bonchev–Trinajstić information content (AvgIpc) is 3.32. The smallest absolute Gasteiger partial charge is 0.263 e. The molecule has 2 aromatic carbocycles. The number of thiophene rings is 1. The minimum Gasteiger partial charge on any atom is -0.453 e. The van der Waals surface area contributed by atoms with Gasteiger partial charge in [-0.3, -0.25) is 14.2 Å². The van der Waals surface area contributed by atoms with Crippen molar-refractivity contribution in [3.8, 4) is 11.1 Å². The summed E-state index contributed by atoms with van der Waals surface area (Å²) in [6.45, 7) is 1.85. The summed E-state index contributed by atoms with van der Waals surface area (Å²) in [5.41, 5.74) is 2.23. The maximum Gasteiger partial charge on any atom is 0.263 e. The minimum atomic E-state index is -0.272. The highest BCUT2D eigenvalue weighted by Gasteiger charge is 2.19. The molecule has 0 aliphatic rings. The van der Waals surface area contributed by atoms with Crippen LogP contribution in [0.25, 0.3) is 32.3 Å². The normalized spacial score (nSPS) is 11.4. The third-order valence-corrected chi connectivity index (χ3v) is 6.54. The fourth-order valence-corrected chi connectivity index (χ4v) is 4.83. The Kier molecular flexibility index (Phi) is 4.64. The summed E-state index contributed by atoms with van der Waals surface area (Å²) in [7, 11) is 0. The number of furan rings is 1. The largest absolute Gasteiger partial charge is 0.453 e. The molecule has 0 atom stereocenters. The lowest BCUT2D eigenvalue weighted by Gasteiger charge is -2.05. The molecular weight excluding hydrogens is 464 g/mol. The third kappa shape index (κ3) is 3.20. The molecule has 0 unspecified atom stereocenters. The number of benzene rings is 2. The number of aromatic nitrogens is 2. The molecule has 0 amide bonds. The van der Waals surface area contributed by atoms with Crippen molar-refractivity contribution in [3.05, 3.63) is 86.4 Å². The molecule has 3 heterocycles. The molecule has 5 aromatic rings. The Morgan fingerprint density at radius 2 is 1.93 bits per heavy atom. The molecule has 7 heteroatoms. The number of ketones is 1. The van der Waals surface area contributed by atoms with Crippen LogP contribution < -0.4 is 5.56 Å². The van der Waals surface area contributed by atoms with Crippen molar-refractivity contribution >= 4 is 54.2 Å². The number of hydrogen-bond acceptors (Lipinski definition) is 5. The molecule has 30 heavy (non-hydrogen) atoms. The van der Waals surface area contributed by atoms with E-state index in [0.717, 1.165) is 25.9 Å². The zero-order chi connectivity index (χ0) is 20.8. The number of nitrogens with zero attached hydrogens (tertiary/aromatic N) is 2. The maximum atomic E-state index is 13.3. The van der Waals surface area contributed by atoms with E-state index in [0.29, 0.717) is 15.8 Å². The average molecular weight is 479 g/mol. The minimum absolute atomic E-state index is 0.129. The van der Waals surface area contributed by atoms with Gasteiger partial charge in [0.1, 0.15) is 10.4 Å². The van der Waals surface area contributed by atoms with Gasteiger partial charge in [-0.25, -0.2) is 4.98 Å². The lowest BCUT2D eigenvalue weighted by Crippen LogP contribution is -2.24. The van der Waals surface area contributed by atoms with E-state index in [4.69, 9.17) is 4.42 Å². The van der Waals surface area contributed by atoms with Crippen LogP contribution in [-0.2, 0) is 6.54 Å². The predicted octanol–water partition coefficient (Wildman–Crippen LogP) is 5.83. The van der Waals surface area contributed by atoms with Crippen molar-refractivity contribution in [3.63, 3.8) is 0 Å². The molecule has 5 rings (SSSR count). The Bertz CT molecular complexity index is 1450. The van der Waals surface area contributed by atoms with Crippen molar-refractivity contribution < 1.29 is 9.21 Å². The third-order valence-electron chi connectivity index (χ3n) is 5.00.